The lowest BCUT2D eigenvalue weighted by molar-refractivity contribution is -0.271. The predicted octanol–water partition coefficient (Wildman–Crippen LogP) is 3.93. The highest BCUT2D eigenvalue weighted by Gasteiger charge is 2.64. The van der Waals surface area contributed by atoms with Crippen molar-refractivity contribution in [2.24, 2.45) is 5.41 Å². The Morgan fingerprint density at radius 2 is 1.71 bits per heavy atom. The van der Waals surface area contributed by atoms with Crippen LogP contribution in [0.5, 0.6) is 0 Å². The highest BCUT2D eigenvalue weighted by molar-refractivity contribution is 5.92. The zero-order chi connectivity index (χ0) is 27.7. The molecule has 1 spiro atoms. The number of ether oxygens (including phenoxy) is 2. The Balaban J connectivity index is 1.65. The molecule has 7 nitrogen and oxygen atoms in total. The molecular formula is C27H28F4N2O5. The van der Waals surface area contributed by atoms with Crippen LogP contribution in [0.1, 0.15) is 46.7 Å². The van der Waals surface area contributed by atoms with Gasteiger partial charge < -0.3 is 19.7 Å². The minimum absolute atomic E-state index is 0.0400. The number of methoxy groups -OCH3 is 2. The summed E-state index contributed by atoms with van der Waals surface area (Å²) in [5, 5.41) is 2.82. The van der Waals surface area contributed by atoms with Gasteiger partial charge in [0.25, 0.3) is 11.5 Å². The number of alkyl halides is 3. The van der Waals surface area contributed by atoms with E-state index < -0.39 is 40.4 Å². The van der Waals surface area contributed by atoms with E-state index in [1.807, 2.05) is 0 Å². The molecule has 1 N–H and O–H groups in total. The molecule has 0 aliphatic carbocycles. The van der Waals surface area contributed by atoms with Crippen LogP contribution in [0.2, 0.25) is 0 Å². The molecule has 11 heteroatoms. The first-order chi connectivity index (χ1) is 18.0. The van der Waals surface area contributed by atoms with E-state index in [9.17, 15) is 31.9 Å². The normalized spacial score (nSPS) is 20.9. The maximum Gasteiger partial charge on any atom is 0.430 e. The highest BCUT2D eigenvalue weighted by atomic mass is 19.4. The lowest BCUT2D eigenvalue weighted by atomic mass is 9.62. The third-order valence-electron chi connectivity index (χ3n) is 7.77. The minimum Gasteiger partial charge on any atom is -0.465 e. The highest BCUT2D eigenvalue weighted by Crippen LogP contribution is 2.50. The van der Waals surface area contributed by atoms with Crippen LogP contribution in [0, 0.1) is 11.2 Å². The first-order valence-corrected chi connectivity index (χ1v) is 12.1. The van der Waals surface area contributed by atoms with E-state index in [-0.39, 0.29) is 49.7 Å². The van der Waals surface area contributed by atoms with E-state index in [1.165, 1.54) is 24.3 Å². The van der Waals surface area contributed by atoms with Crippen LogP contribution in [0.3, 0.4) is 0 Å². The number of amides is 2. The van der Waals surface area contributed by atoms with Gasteiger partial charge >= 0.3 is 12.1 Å². The van der Waals surface area contributed by atoms with Crippen LogP contribution in [0.15, 0.2) is 48.5 Å². The molecular weight excluding hydrogens is 508 g/mol. The molecule has 4 rings (SSSR count). The van der Waals surface area contributed by atoms with Gasteiger partial charge in [-0.05, 0) is 48.1 Å². The minimum atomic E-state index is -5.15. The summed E-state index contributed by atoms with van der Waals surface area (Å²) in [6.07, 6.45) is -4.46. The third-order valence-corrected chi connectivity index (χ3v) is 7.77. The zero-order valence-corrected chi connectivity index (χ0v) is 20.9. The molecule has 2 aromatic carbocycles. The van der Waals surface area contributed by atoms with Crippen LogP contribution in [0.4, 0.5) is 17.6 Å². The topological polar surface area (TPSA) is 84.9 Å². The molecule has 0 radical (unpaired) electrons. The number of nitrogens with zero attached hydrogens (tertiary/aromatic N) is 1. The van der Waals surface area contributed by atoms with E-state index in [4.69, 9.17) is 4.74 Å². The number of nitrogens with one attached hydrogen (secondary N) is 1. The van der Waals surface area contributed by atoms with E-state index in [0.717, 1.165) is 36.8 Å². The van der Waals surface area contributed by atoms with Crippen molar-refractivity contribution in [2.75, 3.05) is 33.9 Å². The third kappa shape index (κ3) is 4.75. The molecule has 2 fully saturated rings. The molecule has 0 bridgehead atoms. The Hall–Kier alpha value is -3.47. The second kappa shape index (κ2) is 10.4. The molecule has 2 saturated heterocycles. The summed E-state index contributed by atoms with van der Waals surface area (Å²) in [6, 6.07) is 10.5. The number of carbonyl (C=O) groups is 3. The summed E-state index contributed by atoms with van der Waals surface area (Å²) < 4.78 is 67.0. The number of esters is 1. The quantitative estimate of drug-likeness (QED) is 0.463. The van der Waals surface area contributed by atoms with Gasteiger partial charge in [-0.25, -0.2) is 9.18 Å². The Morgan fingerprint density at radius 1 is 1.05 bits per heavy atom. The average Bonchev–Trinajstić information content (AvgIpc) is 2.89. The molecule has 2 aliphatic rings. The molecule has 0 unspecified atom stereocenters. The fraction of sp³-hybridized carbons (Fsp3) is 0.444. The first kappa shape index (κ1) is 27.6. The second-order valence-electron chi connectivity index (χ2n) is 9.70. The summed E-state index contributed by atoms with van der Waals surface area (Å²) in [5.74, 6) is -2.92. The lowest BCUT2D eigenvalue weighted by Crippen LogP contribution is -2.60. The Morgan fingerprint density at radius 3 is 2.29 bits per heavy atom. The second-order valence-corrected chi connectivity index (χ2v) is 9.70. The smallest absolute Gasteiger partial charge is 0.430 e. The summed E-state index contributed by atoms with van der Waals surface area (Å²) in [7, 11) is 1.90. The van der Waals surface area contributed by atoms with Gasteiger partial charge in [-0.2, -0.15) is 13.2 Å². The van der Waals surface area contributed by atoms with Crippen LogP contribution in [-0.2, 0) is 24.7 Å². The van der Waals surface area contributed by atoms with E-state index >= 15 is 0 Å². The maximum atomic E-state index is 14.6. The maximum absolute atomic E-state index is 14.6. The SMILES string of the molecule is COC(=O)c1cccc([C@@](OC)(C(=O)N2CCC3(CC2)CC(=O)NC[C@H]3c2ccc(F)cc2)C(F)(F)F)c1. The largest absolute Gasteiger partial charge is 0.465 e. The number of halogens is 4. The predicted molar refractivity (Wildman–Crippen MR) is 128 cm³/mol. The number of benzene rings is 2. The average molecular weight is 537 g/mol. The van der Waals surface area contributed by atoms with Crippen molar-refractivity contribution < 1.29 is 41.4 Å². The Labute approximate surface area is 217 Å². The number of hydrogen-bond acceptors (Lipinski definition) is 5. The molecule has 2 heterocycles. The zero-order valence-electron chi connectivity index (χ0n) is 20.9. The fourth-order valence-electron chi connectivity index (χ4n) is 5.72. The number of piperidine rings is 2. The molecule has 38 heavy (non-hydrogen) atoms. The monoisotopic (exact) mass is 536 g/mol. The Kier molecular flexibility index (Phi) is 7.51. The molecule has 204 valence electrons. The summed E-state index contributed by atoms with van der Waals surface area (Å²) in [4.78, 5) is 39.0. The van der Waals surface area contributed by atoms with Crippen LogP contribution < -0.4 is 5.32 Å². The van der Waals surface area contributed by atoms with E-state index in [0.29, 0.717) is 6.54 Å². The molecule has 0 aromatic heterocycles. The van der Waals surface area contributed by atoms with Crippen molar-refractivity contribution >= 4 is 17.8 Å². The number of carbonyl (C=O) groups excluding carboxylic acids is 3. The van der Waals surface area contributed by atoms with Crippen molar-refractivity contribution in [3.05, 3.63) is 71.0 Å². The molecule has 2 atom stereocenters. The van der Waals surface area contributed by atoms with Gasteiger partial charge in [-0.1, -0.05) is 24.3 Å². The van der Waals surface area contributed by atoms with E-state index in [1.54, 1.807) is 12.1 Å². The van der Waals surface area contributed by atoms with Gasteiger partial charge in [0.15, 0.2) is 0 Å². The van der Waals surface area contributed by atoms with Crippen molar-refractivity contribution in [3.8, 4) is 0 Å². The van der Waals surface area contributed by atoms with Crippen LogP contribution >= 0.6 is 0 Å². The van der Waals surface area contributed by atoms with Gasteiger partial charge in [-0.15, -0.1) is 0 Å². The van der Waals surface area contributed by atoms with Gasteiger partial charge in [0.1, 0.15) is 5.82 Å². The van der Waals surface area contributed by atoms with Crippen LogP contribution in [0.25, 0.3) is 0 Å². The first-order valence-electron chi connectivity index (χ1n) is 12.1. The number of hydrogen-bond donors (Lipinski definition) is 1. The summed E-state index contributed by atoms with van der Waals surface area (Å²) >= 11 is 0. The van der Waals surface area contributed by atoms with Crippen molar-refractivity contribution in [2.45, 2.75) is 37.0 Å². The fourth-order valence-corrected chi connectivity index (χ4v) is 5.72. The van der Waals surface area contributed by atoms with Crippen molar-refractivity contribution in [3.63, 3.8) is 0 Å². The molecule has 2 aliphatic heterocycles. The number of rotatable bonds is 5. The van der Waals surface area contributed by atoms with Crippen LogP contribution in [-0.4, -0.2) is 62.7 Å². The van der Waals surface area contributed by atoms with Gasteiger partial charge in [-0.3, -0.25) is 9.59 Å². The molecule has 0 saturated carbocycles. The molecule has 2 amide bonds. The van der Waals surface area contributed by atoms with E-state index in [2.05, 4.69) is 10.1 Å². The summed E-state index contributed by atoms with van der Waals surface area (Å²) in [5.41, 5.74) is -3.83. The lowest BCUT2D eigenvalue weighted by Gasteiger charge is -2.50. The van der Waals surface area contributed by atoms with Gasteiger partial charge in [0, 0.05) is 44.6 Å². The summed E-state index contributed by atoms with van der Waals surface area (Å²) in [6.45, 7) is 0.229. The van der Waals surface area contributed by atoms with Gasteiger partial charge in [0.05, 0.1) is 12.7 Å². The van der Waals surface area contributed by atoms with Crippen molar-refractivity contribution in [1.29, 1.82) is 0 Å². The standard InChI is InChI=1S/C27H28F4N2O5/c1-37-23(35)18-4-3-5-19(14-18)26(38-2,27(29,30)31)24(36)33-12-10-25(11-13-33)15-22(34)32-16-21(25)17-6-8-20(28)9-7-17/h3-9,14,21H,10-13,15-16H2,1-2H3,(H,32,34)/t21-,26+/m0/s1. The van der Waals surface area contributed by atoms with Gasteiger partial charge in [0.2, 0.25) is 5.91 Å². The van der Waals surface area contributed by atoms with Crippen molar-refractivity contribution in [1.82, 2.24) is 10.2 Å². The Bertz CT molecular complexity index is 1210. The molecule has 2 aromatic rings. The number of likely N-dealkylation sites (tertiary alicyclic amines) is 1.